The molecule has 1 aromatic rings. The van der Waals surface area contributed by atoms with Crippen LogP contribution in [0.3, 0.4) is 0 Å². The van der Waals surface area contributed by atoms with E-state index in [1.807, 2.05) is 26.8 Å². The van der Waals surface area contributed by atoms with E-state index in [1.54, 1.807) is 17.0 Å². The highest BCUT2D eigenvalue weighted by Crippen LogP contribution is 2.25. The Morgan fingerprint density at radius 1 is 1.36 bits per heavy atom. The summed E-state index contributed by atoms with van der Waals surface area (Å²) in [4.78, 5) is 13.8. The van der Waals surface area contributed by atoms with Gasteiger partial charge < -0.3 is 9.64 Å². The van der Waals surface area contributed by atoms with E-state index >= 15 is 0 Å². The van der Waals surface area contributed by atoms with Crippen molar-refractivity contribution >= 4 is 22.0 Å². The van der Waals surface area contributed by atoms with Crippen LogP contribution in [0.2, 0.25) is 0 Å². The Balaban J connectivity index is 1.84. The van der Waals surface area contributed by atoms with Gasteiger partial charge in [0.1, 0.15) is 11.4 Å². The number of carbonyl (C=O) groups is 1. The van der Waals surface area contributed by atoms with Gasteiger partial charge >= 0.3 is 6.09 Å². The lowest BCUT2D eigenvalue weighted by Crippen LogP contribution is -2.42. The highest BCUT2D eigenvalue weighted by Gasteiger charge is 2.26. The molecule has 122 valence electrons. The van der Waals surface area contributed by atoms with E-state index in [2.05, 4.69) is 15.9 Å². The van der Waals surface area contributed by atoms with Crippen LogP contribution in [-0.2, 0) is 11.2 Å². The smallest absolute Gasteiger partial charge is 0.410 e. The number of ether oxygens (including phenoxy) is 1. The Bertz CT molecular complexity index is 534. The first-order chi connectivity index (χ1) is 10.2. The summed E-state index contributed by atoms with van der Waals surface area (Å²) in [5, 5.41) is 0. The van der Waals surface area contributed by atoms with Crippen LogP contribution in [0.15, 0.2) is 22.7 Å². The third-order valence-corrected chi connectivity index (χ3v) is 4.42. The molecule has 0 aliphatic carbocycles. The van der Waals surface area contributed by atoms with E-state index in [-0.39, 0.29) is 11.9 Å². The van der Waals surface area contributed by atoms with Crippen LogP contribution in [0.4, 0.5) is 9.18 Å². The van der Waals surface area contributed by atoms with Crippen molar-refractivity contribution in [3.05, 3.63) is 34.1 Å². The normalized spacial score (nSPS) is 16.7. The Labute approximate surface area is 140 Å². The lowest BCUT2D eigenvalue weighted by Gasteiger charge is -2.33. The lowest BCUT2D eigenvalue weighted by molar-refractivity contribution is 0.0184. The molecule has 0 atom stereocenters. The Kier molecular flexibility index (Phi) is 5.48. The van der Waals surface area contributed by atoms with Crippen LogP contribution in [0.25, 0.3) is 0 Å². The van der Waals surface area contributed by atoms with Gasteiger partial charge in [-0.1, -0.05) is 6.07 Å². The Morgan fingerprint density at radius 2 is 2.00 bits per heavy atom. The molecule has 0 N–H and O–H groups in total. The Morgan fingerprint density at radius 3 is 2.55 bits per heavy atom. The number of benzene rings is 1. The minimum Gasteiger partial charge on any atom is -0.444 e. The molecule has 1 aliphatic heterocycles. The number of amides is 1. The van der Waals surface area contributed by atoms with E-state index in [0.29, 0.717) is 23.5 Å². The number of halogens is 2. The van der Waals surface area contributed by atoms with Gasteiger partial charge in [0.2, 0.25) is 0 Å². The standard InChI is InChI=1S/C17H23BrFNO2/c1-17(2,3)22-16(21)20-8-6-12(7-9-20)10-13-4-5-14(18)15(19)11-13/h4-5,11-12H,6-10H2,1-3H3. The van der Waals surface area contributed by atoms with Crippen molar-refractivity contribution in [2.45, 2.75) is 45.6 Å². The van der Waals surface area contributed by atoms with Gasteiger partial charge in [0, 0.05) is 13.1 Å². The SMILES string of the molecule is CC(C)(C)OC(=O)N1CCC(Cc2ccc(Br)c(F)c2)CC1. The topological polar surface area (TPSA) is 29.5 Å². The van der Waals surface area contributed by atoms with Crippen LogP contribution < -0.4 is 0 Å². The van der Waals surface area contributed by atoms with Gasteiger partial charge in [-0.05, 0) is 79.6 Å². The van der Waals surface area contributed by atoms with Crippen molar-refractivity contribution in [3.63, 3.8) is 0 Å². The predicted molar refractivity (Wildman–Crippen MR) is 88.3 cm³/mol. The second kappa shape index (κ2) is 6.99. The zero-order chi connectivity index (χ0) is 16.3. The summed E-state index contributed by atoms with van der Waals surface area (Å²) < 4.78 is 19.4. The molecule has 0 spiro atoms. The summed E-state index contributed by atoms with van der Waals surface area (Å²) in [6.45, 7) is 7.04. The number of piperidine rings is 1. The van der Waals surface area contributed by atoms with Crippen LogP contribution in [-0.4, -0.2) is 29.7 Å². The molecule has 3 nitrogen and oxygen atoms in total. The second-order valence-electron chi connectivity index (χ2n) is 6.86. The molecule has 1 saturated heterocycles. The van der Waals surface area contributed by atoms with Crippen LogP contribution in [0.1, 0.15) is 39.2 Å². The molecule has 0 radical (unpaired) electrons. The monoisotopic (exact) mass is 371 g/mol. The molecule has 0 saturated carbocycles. The molecule has 0 unspecified atom stereocenters. The Hall–Kier alpha value is -1.10. The number of carbonyl (C=O) groups excluding carboxylic acids is 1. The third kappa shape index (κ3) is 4.97. The van der Waals surface area contributed by atoms with Crippen LogP contribution in [0.5, 0.6) is 0 Å². The summed E-state index contributed by atoms with van der Waals surface area (Å²) in [5.74, 6) is 0.267. The minimum atomic E-state index is -0.455. The van der Waals surface area contributed by atoms with Gasteiger partial charge in [0.25, 0.3) is 0 Å². The minimum absolute atomic E-state index is 0.219. The molecule has 22 heavy (non-hydrogen) atoms. The van der Waals surface area contributed by atoms with Crippen molar-refractivity contribution in [2.75, 3.05) is 13.1 Å². The van der Waals surface area contributed by atoms with Crippen molar-refractivity contribution < 1.29 is 13.9 Å². The van der Waals surface area contributed by atoms with Gasteiger partial charge in [-0.2, -0.15) is 0 Å². The molecule has 1 fully saturated rings. The van der Waals surface area contributed by atoms with E-state index < -0.39 is 5.60 Å². The summed E-state index contributed by atoms with van der Waals surface area (Å²) >= 11 is 3.17. The average molecular weight is 372 g/mol. The zero-order valence-corrected chi connectivity index (χ0v) is 15.0. The van der Waals surface area contributed by atoms with Crippen LogP contribution >= 0.6 is 15.9 Å². The summed E-state index contributed by atoms with van der Waals surface area (Å²) in [7, 11) is 0. The van der Waals surface area contributed by atoms with Gasteiger partial charge in [0.15, 0.2) is 0 Å². The molecule has 1 aromatic carbocycles. The third-order valence-electron chi connectivity index (χ3n) is 3.77. The number of nitrogens with zero attached hydrogens (tertiary/aromatic N) is 1. The van der Waals surface area contributed by atoms with Crippen LogP contribution in [0, 0.1) is 11.7 Å². The van der Waals surface area contributed by atoms with Gasteiger partial charge in [-0.3, -0.25) is 0 Å². The van der Waals surface area contributed by atoms with E-state index in [4.69, 9.17) is 4.74 Å². The van der Waals surface area contributed by atoms with E-state index in [0.717, 1.165) is 24.8 Å². The van der Waals surface area contributed by atoms with Crippen molar-refractivity contribution in [1.82, 2.24) is 4.90 Å². The molecule has 0 aromatic heterocycles. The fourth-order valence-corrected chi connectivity index (χ4v) is 2.89. The fraction of sp³-hybridized carbons (Fsp3) is 0.588. The first kappa shape index (κ1) is 17.3. The van der Waals surface area contributed by atoms with Gasteiger partial charge in [-0.25, -0.2) is 9.18 Å². The fourth-order valence-electron chi connectivity index (χ4n) is 2.65. The molecule has 2 rings (SSSR count). The zero-order valence-electron chi connectivity index (χ0n) is 13.4. The molecule has 5 heteroatoms. The number of hydrogen-bond donors (Lipinski definition) is 0. The van der Waals surface area contributed by atoms with Crippen molar-refractivity contribution in [1.29, 1.82) is 0 Å². The van der Waals surface area contributed by atoms with E-state index in [9.17, 15) is 9.18 Å². The van der Waals surface area contributed by atoms with Crippen molar-refractivity contribution in [2.24, 2.45) is 5.92 Å². The lowest BCUT2D eigenvalue weighted by atomic mass is 9.90. The highest BCUT2D eigenvalue weighted by atomic mass is 79.9. The molecule has 0 bridgehead atoms. The van der Waals surface area contributed by atoms with Gasteiger partial charge in [-0.15, -0.1) is 0 Å². The molecule has 1 aliphatic rings. The molecule has 1 heterocycles. The summed E-state index contributed by atoms with van der Waals surface area (Å²) in [6, 6.07) is 5.29. The quantitative estimate of drug-likeness (QED) is 0.748. The summed E-state index contributed by atoms with van der Waals surface area (Å²) in [5.41, 5.74) is 0.555. The largest absolute Gasteiger partial charge is 0.444 e. The average Bonchev–Trinajstić information content (AvgIpc) is 2.42. The summed E-state index contributed by atoms with van der Waals surface area (Å²) in [6.07, 6.45) is 2.47. The van der Waals surface area contributed by atoms with E-state index in [1.165, 1.54) is 0 Å². The highest BCUT2D eigenvalue weighted by molar-refractivity contribution is 9.10. The molecule has 1 amide bonds. The van der Waals surface area contributed by atoms with Crippen molar-refractivity contribution in [3.8, 4) is 0 Å². The number of rotatable bonds is 2. The molecular weight excluding hydrogens is 349 g/mol. The number of hydrogen-bond acceptors (Lipinski definition) is 2. The predicted octanol–water partition coefficient (Wildman–Crippen LogP) is 4.78. The number of likely N-dealkylation sites (tertiary alicyclic amines) is 1. The maximum atomic E-state index is 13.5. The maximum Gasteiger partial charge on any atom is 0.410 e. The first-order valence-corrected chi connectivity index (χ1v) is 8.46. The first-order valence-electron chi connectivity index (χ1n) is 7.66. The second-order valence-corrected chi connectivity index (χ2v) is 7.72. The maximum absolute atomic E-state index is 13.5. The molecular formula is C17H23BrFNO2. The van der Waals surface area contributed by atoms with Gasteiger partial charge in [0.05, 0.1) is 4.47 Å².